The number of carbonyl (C=O) groups excluding carboxylic acids is 2. The van der Waals surface area contributed by atoms with Crippen LogP contribution in [0.15, 0.2) is 0 Å². The molecule has 5 heteroatoms. The van der Waals surface area contributed by atoms with Crippen LogP contribution >= 0.6 is 0 Å². The van der Waals surface area contributed by atoms with Crippen LogP contribution in [0.1, 0.15) is 32.6 Å². The molecule has 0 aromatic heterocycles. The van der Waals surface area contributed by atoms with Gasteiger partial charge in [0.25, 0.3) is 0 Å². The summed E-state index contributed by atoms with van der Waals surface area (Å²) in [5.74, 6) is -0.0330. The van der Waals surface area contributed by atoms with Crippen LogP contribution in [0.2, 0.25) is 0 Å². The highest BCUT2D eigenvalue weighted by Crippen LogP contribution is 2.25. The number of nitrogens with one attached hydrogen (secondary N) is 2. The molecule has 1 saturated heterocycles. The Hall–Kier alpha value is -1.26. The second-order valence-corrected chi connectivity index (χ2v) is 4.49. The standard InChI is InChI=1S/C11H19N3O2/c1-2-12-11(16)14-7-10(15)13-8-5-3-4-6-9(8)14/h8-9H,2-7H2,1H3,(H,12,16)(H,13,15)/t8-,9+/m1/s1. The average Bonchev–Trinajstić information content (AvgIpc) is 2.28. The van der Waals surface area contributed by atoms with Crippen LogP contribution < -0.4 is 10.6 Å². The summed E-state index contributed by atoms with van der Waals surface area (Å²) in [6.07, 6.45) is 4.28. The molecule has 90 valence electrons. The third kappa shape index (κ3) is 2.13. The first-order valence-corrected chi connectivity index (χ1v) is 6.06. The zero-order chi connectivity index (χ0) is 11.5. The zero-order valence-corrected chi connectivity index (χ0v) is 9.66. The van der Waals surface area contributed by atoms with Gasteiger partial charge in [0.1, 0.15) is 6.54 Å². The van der Waals surface area contributed by atoms with Crippen molar-refractivity contribution in [3.8, 4) is 0 Å². The zero-order valence-electron chi connectivity index (χ0n) is 9.66. The van der Waals surface area contributed by atoms with Gasteiger partial charge >= 0.3 is 6.03 Å². The van der Waals surface area contributed by atoms with E-state index in [-0.39, 0.29) is 30.6 Å². The van der Waals surface area contributed by atoms with Gasteiger partial charge in [-0.1, -0.05) is 12.8 Å². The Morgan fingerprint density at radius 2 is 2.25 bits per heavy atom. The Labute approximate surface area is 95.6 Å². The van der Waals surface area contributed by atoms with Gasteiger partial charge < -0.3 is 15.5 Å². The molecule has 2 aliphatic rings. The molecule has 0 aromatic rings. The Kier molecular flexibility index (Phi) is 3.31. The van der Waals surface area contributed by atoms with Crippen molar-refractivity contribution in [2.24, 2.45) is 0 Å². The van der Waals surface area contributed by atoms with Crippen molar-refractivity contribution in [3.63, 3.8) is 0 Å². The summed E-state index contributed by atoms with van der Waals surface area (Å²) in [4.78, 5) is 25.0. The number of fused-ring (bicyclic) bond motifs is 1. The molecule has 2 fully saturated rings. The molecular weight excluding hydrogens is 206 g/mol. The van der Waals surface area contributed by atoms with Gasteiger partial charge in [-0.25, -0.2) is 4.79 Å². The van der Waals surface area contributed by atoms with E-state index in [4.69, 9.17) is 0 Å². The number of hydrogen-bond donors (Lipinski definition) is 2. The number of rotatable bonds is 1. The fourth-order valence-electron chi connectivity index (χ4n) is 2.65. The quantitative estimate of drug-likeness (QED) is 0.681. The van der Waals surface area contributed by atoms with Crippen molar-refractivity contribution in [1.82, 2.24) is 15.5 Å². The van der Waals surface area contributed by atoms with Gasteiger partial charge in [-0.15, -0.1) is 0 Å². The van der Waals surface area contributed by atoms with Crippen LogP contribution in [0.3, 0.4) is 0 Å². The highest BCUT2D eigenvalue weighted by Gasteiger charge is 2.38. The molecule has 0 spiro atoms. The minimum atomic E-state index is -0.103. The van der Waals surface area contributed by atoms with E-state index in [0.29, 0.717) is 6.54 Å². The lowest BCUT2D eigenvalue weighted by molar-refractivity contribution is -0.126. The van der Waals surface area contributed by atoms with Crippen molar-refractivity contribution in [3.05, 3.63) is 0 Å². The fourth-order valence-corrected chi connectivity index (χ4v) is 2.65. The maximum absolute atomic E-state index is 11.8. The minimum absolute atomic E-state index is 0.0330. The van der Waals surface area contributed by atoms with Gasteiger partial charge in [-0.2, -0.15) is 0 Å². The largest absolute Gasteiger partial charge is 0.350 e. The molecule has 0 unspecified atom stereocenters. The lowest BCUT2D eigenvalue weighted by Gasteiger charge is -2.43. The first-order chi connectivity index (χ1) is 7.72. The third-order valence-corrected chi connectivity index (χ3v) is 3.38. The summed E-state index contributed by atoms with van der Waals surface area (Å²) in [7, 11) is 0. The summed E-state index contributed by atoms with van der Waals surface area (Å²) < 4.78 is 0. The molecule has 1 aliphatic heterocycles. The van der Waals surface area contributed by atoms with Crippen molar-refractivity contribution >= 4 is 11.9 Å². The van der Waals surface area contributed by atoms with Gasteiger partial charge in [0.2, 0.25) is 5.91 Å². The molecule has 1 aliphatic carbocycles. The van der Waals surface area contributed by atoms with Crippen molar-refractivity contribution in [1.29, 1.82) is 0 Å². The molecule has 1 heterocycles. The average molecular weight is 225 g/mol. The normalized spacial score (nSPS) is 29.3. The minimum Gasteiger partial charge on any atom is -0.350 e. The number of hydrogen-bond acceptors (Lipinski definition) is 2. The number of amides is 3. The number of carbonyl (C=O) groups is 2. The van der Waals surface area contributed by atoms with E-state index in [1.807, 2.05) is 6.92 Å². The first kappa shape index (κ1) is 11.2. The van der Waals surface area contributed by atoms with E-state index >= 15 is 0 Å². The van der Waals surface area contributed by atoms with Crippen LogP contribution in [-0.2, 0) is 4.79 Å². The number of nitrogens with zero attached hydrogens (tertiary/aromatic N) is 1. The second kappa shape index (κ2) is 4.72. The summed E-state index contributed by atoms with van der Waals surface area (Å²) in [5.41, 5.74) is 0. The third-order valence-electron chi connectivity index (χ3n) is 3.38. The maximum atomic E-state index is 11.8. The molecule has 1 saturated carbocycles. The number of urea groups is 1. The SMILES string of the molecule is CCNC(=O)N1CC(=O)N[C@@H]2CCCC[C@@H]21. The van der Waals surface area contributed by atoms with E-state index in [1.165, 1.54) is 0 Å². The smallest absolute Gasteiger partial charge is 0.318 e. The lowest BCUT2D eigenvalue weighted by Crippen LogP contribution is -2.64. The highest BCUT2D eigenvalue weighted by atomic mass is 16.2. The molecule has 16 heavy (non-hydrogen) atoms. The molecule has 3 amide bonds. The Morgan fingerprint density at radius 3 is 3.00 bits per heavy atom. The van der Waals surface area contributed by atoms with Crippen LogP contribution in [-0.4, -0.2) is 42.0 Å². The van der Waals surface area contributed by atoms with Gasteiger partial charge in [-0.05, 0) is 19.8 Å². The molecular formula is C11H19N3O2. The fraction of sp³-hybridized carbons (Fsp3) is 0.818. The predicted octanol–water partition coefficient (Wildman–Crippen LogP) is 0.459. The molecule has 0 aromatic carbocycles. The van der Waals surface area contributed by atoms with Crippen LogP contribution in [0.4, 0.5) is 4.79 Å². The topological polar surface area (TPSA) is 61.4 Å². The monoisotopic (exact) mass is 225 g/mol. The molecule has 0 bridgehead atoms. The Balaban J connectivity index is 2.08. The van der Waals surface area contributed by atoms with Crippen molar-refractivity contribution < 1.29 is 9.59 Å². The second-order valence-electron chi connectivity index (χ2n) is 4.49. The molecule has 2 atom stereocenters. The van der Waals surface area contributed by atoms with E-state index < -0.39 is 0 Å². The van der Waals surface area contributed by atoms with Gasteiger partial charge in [-0.3, -0.25) is 4.79 Å². The lowest BCUT2D eigenvalue weighted by atomic mass is 9.87. The van der Waals surface area contributed by atoms with Crippen LogP contribution in [0.5, 0.6) is 0 Å². The molecule has 2 N–H and O–H groups in total. The van der Waals surface area contributed by atoms with Crippen LogP contribution in [0, 0.1) is 0 Å². The van der Waals surface area contributed by atoms with E-state index in [1.54, 1.807) is 4.90 Å². The summed E-state index contributed by atoms with van der Waals surface area (Å²) in [6.45, 7) is 2.70. The first-order valence-electron chi connectivity index (χ1n) is 6.06. The van der Waals surface area contributed by atoms with E-state index in [2.05, 4.69) is 10.6 Å². The molecule has 0 radical (unpaired) electrons. The van der Waals surface area contributed by atoms with E-state index in [9.17, 15) is 9.59 Å². The summed E-state index contributed by atoms with van der Waals surface area (Å²) >= 11 is 0. The van der Waals surface area contributed by atoms with Gasteiger partial charge in [0, 0.05) is 12.6 Å². The van der Waals surface area contributed by atoms with Gasteiger partial charge in [0.15, 0.2) is 0 Å². The van der Waals surface area contributed by atoms with Crippen molar-refractivity contribution in [2.75, 3.05) is 13.1 Å². The highest BCUT2D eigenvalue weighted by molar-refractivity contribution is 5.86. The molecule has 5 nitrogen and oxygen atoms in total. The summed E-state index contributed by atoms with van der Waals surface area (Å²) in [5, 5.41) is 5.76. The molecule has 2 rings (SSSR count). The van der Waals surface area contributed by atoms with Crippen LogP contribution in [0.25, 0.3) is 0 Å². The maximum Gasteiger partial charge on any atom is 0.318 e. The Bertz CT molecular complexity index is 293. The van der Waals surface area contributed by atoms with Crippen molar-refractivity contribution in [2.45, 2.75) is 44.7 Å². The van der Waals surface area contributed by atoms with E-state index in [0.717, 1.165) is 25.7 Å². The number of piperazine rings is 1. The summed E-state index contributed by atoms with van der Waals surface area (Å²) in [6, 6.07) is 0.254. The van der Waals surface area contributed by atoms with Gasteiger partial charge in [0.05, 0.1) is 6.04 Å². The predicted molar refractivity (Wildman–Crippen MR) is 60.0 cm³/mol. The Morgan fingerprint density at radius 1 is 1.50 bits per heavy atom.